The number of aryl methyl sites for hydroxylation is 1. The third kappa shape index (κ3) is 3.75. The largest absolute Gasteiger partial charge is 0.340 e. The Morgan fingerprint density at radius 2 is 1.92 bits per heavy atom. The van der Waals surface area contributed by atoms with Crippen molar-refractivity contribution in [2.45, 2.75) is 63.6 Å². The number of amides is 1. The van der Waals surface area contributed by atoms with Crippen molar-refractivity contribution in [1.29, 1.82) is 0 Å². The van der Waals surface area contributed by atoms with Gasteiger partial charge in [0.05, 0.1) is 0 Å². The molecule has 136 valence electrons. The van der Waals surface area contributed by atoms with Gasteiger partial charge in [-0.25, -0.2) is 0 Å². The Labute approximate surface area is 151 Å². The highest BCUT2D eigenvalue weighted by Crippen LogP contribution is 2.25. The summed E-state index contributed by atoms with van der Waals surface area (Å²) in [6, 6.07) is 8.26. The number of likely N-dealkylation sites (tertiary alicyclic amines) is 2. The summed E-state index contributed by atoms with van der Waals surface area (Å²) in [5.74, 6) is 0.382. The minimum Gasteiger partial charge on any atom is -0.340 e. The molecule has 1 N–H and O–H groups in total. The van der Waals surface area contributed by atoms with E-state index in [2.05, 4.69) is 40.4 Å². The summed E-state index contributed by atoms with van der Waals surface area (Å²) in [6.45, 7) is 4.28. The van der Waals surface area contributed by atoms with Gasteiger partial charge in [-0.1, -0.05) is 18.2 Å². The molecule has 3 aliphatic rings. The van der Waals surface area contributed by atoms with Crippen molar-refractivity contribution in [3.63, 3.8) is 0 Å². The average molecular weight is 341 g/mol. The Morgan fingerprint density at radius 1 is 1.08 bits per heavy atom. The third-order valence-corrected chi connectivity index (χ3v) is 6.42. The van der Waals surface area contributed by atoms with Crippen LogP contribution >= 0.6 is 0 Å². The number of piperidine rings is 1. The number of nitrogens with zero attached hydrogens (tertiary/aromatic N) is 2. The lowest BCUT2D eigenvalue weighted by Gasteiger charge is -2.36. The second-order valence-corrected chi connectivity index (χ2v) is 8.03. The van der Waals surface area contributed by atoms with E-state index in [-0.39, 0.29) is 0 Å². The van der Waals surface area contributed by atoms with E-state index in [1.165, 1.54) is 30.4 Å². The number of likely N-dealkylation sites (N-methyl/N-ethyl adjacent to an activating group) is 1. The van der Waals surface area contributed by atoms with E-state index in [0.717, 1.165) is 51.9 Å². The van der Waals surface area contributed by atoms with Crippen LogP contribution in [0.3, 0.4) is 0 Å². The van der Waals surface area contributed by atoms with Crippen molar-refractivity contribution in [1.82, 2.24) is 15.1 Å². The molecule has 0 aromatic heterocycles. The number of benzene rings is 1. The van der Waals surface area contributed by atoms with E-state index in [1.54, 1.807) is 5.56 Å². The summed E-state index contributed by atoms with van der Waals surface area (Å²) in [6.07, 6.45) is 7.73. The molecule has 1 unspecified atom stereocenters. The monoisotopic (exact) mass is 341 g/mol. The van der Waals surface area contributed by atoms with Crippen LogP contribution in [-0.2, 0) is 24.2 Å². The van der Waals surface area contributed by atoms with E-state index in [1.807, 2.05) is 0 Å². The molecule has 0 radical (unpaired) electrons. The highest BCUT2D eigenvalue weighted by molar-refractivity contribution is 5.78. The number of rotatable bonds is 4. The second-order valence-electron chi connectivity index (χ2n) is 8.03. The molecule has 0 bridgehead atoms. The van der Waals surface area contributed by atoms with Crippen LogP contribution in [0.4, 0.5) is 0 Å². The number of carbonyl (C=O) groups excluding carboxylic acids is 1. The van der Waals surface area contributed by atoms with Gasteiger partial charge < -0.3 is 10.2 Å². The Bertz CT molecular complexity index is 622. The van der Waals surface area contributed by atoms with Crippen molar-refractivity contribution in [3.8, 4) is 0 Å². The molecule has 0 spiro atoms. The third-order valence-electron chi connectivity index (χ3n) is 6.42. The van der Waals surface area contributed by atoms with Crippen LogP contribution in [-0.4, -0.2) is 54.5 Å². The van der Waals surface area contributed by atoms with Gasteiger partial charge in [-0.3, -0.25) is 9.69 Å². The molecule has 2 aliphatic heterocycles. The smallest absolute Gasteiger partial charge is 0.222 e. The predicted molar refractivity (Wildman–Crippen MR) is 101 cm³/mol. The molecule has 4 heteroatoms. The molecule has 1 aromatic carbocycles. The van der Waals surface area contributed by atoms with Gasteiger partial charge in [0, 0.05) is 44.7 Å². The first-order chi connectivity index (χ1) is 12.2. The van der Waals surface area contributed by atoms with Crippen LogP contribution in [0, 0.1) is 0 Å². The number of nitrogens with one attached hydrogen (secondary N) is 1. The molecule has 1 aromatic rings. The lowest BCUT2D eigenvalue weighted by molar-refractivity contribution is -0.130. The Morgan fingerprint density at radius 3 is 2.64 bits per heavy atom. The summed E-state index contributed by atoms with van der Waals surface area (Å²) >= 11 is 0. The first-order valence-corrected chi connectivity index (χ1v) is 10.0. The van der Waals surface area contributed by atoms with Crippen LogP contribution in [0.15, 0.2) is 18.2 Å². The fourth-order valence-corrected chi connectivity index (χ4v) is 4.86. The van der Waals surface area contributed by atoms with Crippen molar-refractivity contribution < 1.29 is 4.79 Å². The molecule has 2 heterocycles. The first kappa shape index (κ1) is 17.0. The van der Waals surface area contributed by atoms with Gasteiger partial charge in [-0.2, -0.15) is 0 Å². The summed E-state index contributed by atoms with van der Waals surface area (Å²) in [5.41, 5.74) is 4.54. The number of fused-ring (bicyclic) bond motifs is 1. The van der Waals surface area contributed by atoms with Crippen LogP contribution < -0.4 is 5.32 Å². The Balaban J connectivity index is 1.32. The van der Waals surface area contributed by atoms with E-state index < -0.39 is 0 Å². The van der Waals surface area contributed by atoms with Crippen LogP contribution in [0.1, 0.15) is 48.8 Å². The molecular weight excluding hydrogens is 310 g/mol. The molecule has 2 saturated heterocycles. The normalized spacial score (nSPS) is 25.4. The zero-order chi connectivity index (χ0) is 17.2. The molecule has 1 amide bonds. The first-order valence-electron chi connectivity index (χ1n) is 10.0. The maximum Gasteiger partial charge on any atom is 0.222 e. The summed E-state index contributed by atoms with van der Waals surface area (Å²) < 4.78 is 0. The maximum atomic E-state index is 11.9. The SMILES string of the molecule is CNC1CCc2cc(CN3CCC(N4CCCC4=O)CC3)ccc2C1. The highest BCUT2D eigenvalue weighted by Gasteiger charge is 2.30. The fourth-order valence-electron chi connectivity index (χ4n) is 4.86. The van der Waals surface area contributed by atoms with Gasteiger partial charge in [-0.15, -0.1) is 0 Å². The standard InChI is InChI=1S/C21H31N3O/c1-22-19-7-6-17-13-16(4-5-18(17)14-19)15-23-11-8-20(9-12-23)24-10-2-3-21(24)25/h4-5,13,19-20,22H,2-3,6-12,14-15H2,1H3. The van der Waals surface area contributed by atoms with Gasteiger partial charge in [-0.05, 0) is 62.3 Å². The van der Waals surface area contributed by atoms with E-state index in [0.29, 0.717) is 18.0 Å². The molecular formula is C21H31N3O. The zero-order valence-electron chi connectivity index (χ0n) is 15.5. The van der Waals surface area contributed by atoms with Gasteiger partial charge in [0.2, 0.25) is 5.91 Å². The van der Waals surface area contributed by atoms with Crippen LogP contribution in [0.2, 0.25) is 0 Å². The Kier molecular flexibility index (Phi) is 5.09. The van der Waals surface area contributed by atoms with Gasteiger partial charge in [0.15, 0.2) is 0 Å². The molecule has 0 saturated carbocycles. The quantitative estimate of drug-likeness (QED) is 0.913. The maximum absolute atomic E-state index is 11.9. The van der Waals surface area contributed by atoms with Gasteiger partial charge in [0.25, 0.3) is 0 Å². The minimum atomic E-state index is 0.382. The highest BCUT2D eigenvalue weighted by atomic mass is 16.2. The number of carbonyl (C=O) groups is 1. The van der Waals surface area contributed by atoms with Crippen LogP contribution in [0.25, 0.3) is 0 Å². The summed E-state index contributed by atoms with van der Waals surface area (Å²) in [5, 5.41) is 3.42. The van der Waals surface area contributed by atoms with E-state index >= 15 is 0 Å². The zero-order valence-corrected chi connectivity index (χ0v) is 15.5. The minimum absolute atomic E-state index is 0.382. The lowest BCUT2D eigenvalue weighted by atomic mass is 9.87. The van der Waals surface area contributed by atoms with Crippen molar-refractivity contribution >= 4 is 5.91 Å². The van der Waals surface area contributed by atoms with Crippen LogP contribution in [0.5, 0.6) is 0 Å². The number of hydrogen-bond donors (Lipinski definition) is 1. The molecule has 2 fully saturated rings. The van der Waals surface area contributed by atoms with Gasteiger partial charge in [0.1, 0.15) is 0 Å². The number of hydrogen-bond acceptors (Lipinski definition) is 3. The van der Waals surface area contributed by atoms with Crippen molar-refractivity contribution in [2.75, 3.05) is 26.7 Å². The topological polar surface area (TPSA) is 35.6 Å². The van der Waals surface area contributed by atoms with Crippen molar-refractivity contribution in [2.24, 2.45) is 0 Å². The molecule has 4 nitrogen and oxygen atoms in total. The fraction of sp³-hybridized carbons (Fsp3) is 0.667. The van der Waals surface area contributed by atoms with E-state index in [4.69, 9.17) is 0 Å². The van der Waals surface area contributed by atoms with Crippen molar-refractivity contribution in [3.05, 3.63) is 34.9 Å². The summed E-state index contributed by atoms with van der Waals surface area (Å²) in [7, 11) is 2.07. The lowest BCUT2D eigenvalue weighted by Crippen LogP contribution is -2.45. The Hall–Kier alpha value is -1.39. The predicted octanol–water partition coefficient (Wildman–Crippen LogP) is 2.35. The average Bonchev–Trinajstić information content (AvgIpc) is 3.08. The molecule has 1 atom stereocenters. The molecule has 1 aliphatic carbocycles. The molecule has 4 rings (SSSR count). The van der Waals surface area contributed by atoms with E-state index in [9.17, 15) is 4.79 Å². The summed E-state index contributed by atoms with van der Waals surface area (Å²) in [4.78, 5) is 16.6. The molecule has 25 heavy (non-hydrogen) atoms. The second kappa shape index (κ2) is 7.46. The van der Waals surface area contributed by atoms with Gasteiger partial charge >= 0.3 is 0 Å².